The Bertz CT molecular complexity index is 1160. The highest BCUT2D eigenvalue weighted by Gasteiger charge is 2.18. The summed E-state index contributed by atoms with van der Waals surface area (Å²) in [5.41, 5.74) is 10.2. The Kier molecular flexibility index (Phi) is 3.95. The van der Waals surface area contributed by atoms with E-state index in [1.54, 1.807) is 16.7 Å². The molecule has 0 aliphatic carbocycles. The minimum atomic E-state index is -0.627. The van der Waals surface area contributed by atoms with Crippen LogP contribution < -0.4 is 5.73 Å². The zero-order chi connectivity index (χ0) is 19.1. The molecule has 4 rings (SSSR count). The topological polar surface area (TPSA) is 104 Å². The summed E-state index contributed by atoms with van der Waals surface area (Å²) in [5, 5.41) is 12.6. The average molecular weight is 361 g/mol. The van der Waals surface area contributed by atoms with E-state index in [0.717, 1.165) is 28.2 Å². The molecule has 0 aliphatic heterocycles. The van der Waals surface area contributed by atoms with Crippen molar-refractivity contribution >= 4 is 11.6 Å². The number of aryl methyl sites for hydroxylation is 1. The quantitative estimate of drug-likeness (QED) is 0.602. The summed E-state index contributed by atoms with van der Waals surface area (Å²) >= 11 is 0. The maximum Gasteiger partial charge on any atom is 0.287 e. The van der Waals surface area contributed by atoms with E-state index in [9.17, 15) is 4.79 Å². The number of nitrogens with zero attached hydrogens (tertiary/aromatic N) is 6. The third kappa shape index (κ3) is 2.95. The second kappa shape index (κ2) is 6.31. The number of amides is 1. The first-order chi connectivity index (χ1) is 12.9. The van der Waals surface area contributed by atoms with Crippen LogP contribution in [0.4, 0.5) is 0 Å². The summed E-state index contributed by atoms with van der Waals surface area (Å²) in [4.78, 5) is 16.2. The molecule has 0 saturated carbocycles. The largest absolute Gasteiger partial charge is 0.363 e. The van der Waals surface area contributed by atoms with Gasteiger partial charge in [0.25, 0.3) is 5.91 Å². The number of carbonyl (C=O) groups excluding carboxylic acids is 1. The van der Waals surface area contributed by atoms with Crippen molar-refractivity contribution in [3.05, 3.63) is 54.2 Å². The van der Waals surface area contributed by atoms with E-state index in [-0.39, 0.29) is 11.9 Å². The van der Waals surface area contributed by atoms with Crippen molar-refractivity contribution < 1.29 is 4.79 Å². The van der Waals surface area contributed by atoms with Crippen LogP contribution in [0.5, 0.6) is 0 Å². The monoisotopic (exact) mass is 361 g/mol. The number of hydrogen-bond donors (Lipinski definition) is 1. The van der Waals surface area contributed by atoms with Crippen LogP contribution in [0.2, 0.25) is 0 Å². The molecule has 0 atom stereocenters. The van der Waals surface area contributed by atoms with Gasteiger partial charge in [-0.3, -0.25) is 18.9 Å². The first-order valence-electron chi connectivity index (χ1n) is 8.62. The summed E-state index contributed by atoms with van der Waals surface area (Å²) in [5.74, 6) is -0.531. The van der Waals surface area contributed by atoms with Crippen LogP contribution in [0, 0.1) is 6.92 Å². The number of hydrogen-bond acceptors (Lipinski definition) is 5. The van der Waals surface area contributed by atoms with Crippen LogP contribution in [0.3, 0.4) is 0 Å². The number of pyridine rings is 2. The van der Waals surface area contributed by atoms with Crippen molar-refractivity contribution in [2.45, 2.75) is 26.8 Å². The van der Waals surface area contributed by atoms with Gasteiger partial charge in [-0.05, 0) is 45.0 Å². The van der Waals surface area contributed by atoms with Gasteiger partial charge in [0.05, 0.1) is 5.69 Å². The highest BCUT2D eigenvalue weighted by Crippen LogP contribution is 2.31. The Morgan fingerprint density at radius 2 is 1.93 bits per heavy atom. The molecule has 2 N–H and O–H groups in total. The molecule has 136 valence electrons. The molecule has 0 fully saturated rings. The minimum Gasteiger partial charge on any atom is -0.363 e. The lowest BCUT2D eigenvalue weighted by Gasteiger charge is -2.04. The van der Waals surface area contributed by atoms with Gasteiger partial charge in [-0.15, -0.1) is 10.2 Å². The molecular weight excluding hydrogens is 342 g/mol. The van der Waals surface area contributed by atoms with E-state index in [1.807, 2.05) is 42.1 Å². The van der Waals surface area contributed by atoms with E-state index >= 15 is 0 Å². The zero-order valence-corrected chi connectivity index (χ0v) is 15.3. The average Bonchev–Trinajstić information content (AvgIpc) is 3.25. The lowest BCUT2D eigenvalue weighted by molar-refractivity contribution is 0.0989. The maximum absolute atomic E-state index is 11.6. The first kappa shape index (κ1) is 16.9. The number of nitrogens with two attached hydrogens (primary N) is 1. The fourth-order valence-corrected chi connectivity index (χ4v) is 2.95. The Morgan fingerprint density at radius 3 is 2.63 bits per heavy atom. The Morgan fingerprint density at radius 1 is 1.11 bits per heavy atom. The Hall–Kier alpha value is -3.55. The summed E-state index contributed by atoms with van der Waals surface area (Å²) in [6.45, 7) is 6.09. The molecular formula is C19H19N7O. The highest BCUT2D eigenvalue weighted by atomic mass is 16.1. The van der Waals surface area contributed by atoms with E-state index < -0.39 is 5.91 Å². The fourth-order valence-electron chi connectivity index (χ4n) is 2.95. The van der Waals surface area contributed by atoms with E-state index in [4.69, 9.17) is 10.8 Å². The van der Waals surface area contributed by atoms with Crippen molar-refractivity contribution in [3.63, 3.8) is 0 Å². The first-order valence-corrected chi connectivity index (χ1v) is 8.62. The standard InChI is InChI=1S/C19H19N7O/c1-11(2)26-10-14(17(24-26)15-6-4-5-12(3)21-15)13-7-8-16-22-23-19(18(20)27)25(16)9-13/h4-11H,1-3H3,(H2,20,27). The highest BCUT2D eigenvalue weighted by molar-refractivity contribution is 5.90. The molecule has 0 spiro atoms. The van der Waals surface area contributed by atoms with E-state index in [1.165, 1.54) is 0 Å². The van der Waals surface area contributed by atoms with Crippen molar-refractivity contribution in [3.8, 4) is 22.5 Å². The molecule has 4 aromatic heterocycles. The van der Waals surface area contributed by atoms with Crippen LogP contribution in [0.25, 0.3) is 28.2 Å². The normalized spacial score (nSPS) is 11.4. The van der Waals surface area contributed by atoms with E-state index in [0.29, 0.717) is 5.65 Å². The van der Waals surface area contributed by atoms with Crippen LogP contribution in [0.15, 0.2) is 42.7 Å². The third-order valence-corrected chi connectivity index (χ3v) is 4.33. The molecule has 8 nitrogen and oxygen atoms in total. The van der Waals surface area contributed by atoms with Gasteiger partial charge in [-0.1, -0.05) is 6.07 Å². The lowest BCUT2D eigenvalue weighted by atomic mass is 10.1. The Labute approximate surface area is 155 Å². The molecule has 4 heterocycles. The summed E-state index contributed by atoms with van der Waals surface area (Å²) < 4.78 is 3.50. The SMILES string of the molecule is Cc1cccc(-c2nn(C(C)C)cc2-c2ccc3nnc(C(N)=O)n3c2)n1. The van der Waals surface area contributed by atoms with E-state index in [2.05, 4.69) is 29.0 Å². The Balaban J connectivity index is 1.94. The molecule has 27 heavy (non-hydrogen) atoms. The van der Waals surface area contributed by atoms with Crippen molar-refractivity contribution in [1.82, 2.24) is 29.4 Å². The van der Waals surface area contributed by atoms with Crippen LogP contribution in [-0.2, 0) is 0 Å². The summed E-state index contributed by atoms with van der Waals surface area (Å²) in [6.07, 6.45) is 3.79. The molecule has 0 radical (unpaired) electrons. The molecule has 0 aromatic carbocycles. The molecule has 0 saturated heterocycles. The zero-order valence-electron chi connectivity index (χ0n) is 15.3. The molecule has 4 aromatic rings. The second-order valence-electron chi connectivity index (χ2n) is 6.66. The smallest absolute Gasteiger partial charge is 0.287 e. The van der Waals surface area contributed by atoms with Crippen molar-refractivity contribution in [1.29, 1.82) is 0 Å². The van der Waals surface area contributed by atoms with Crippen LogP contribution >= 0.6 is 0 Å². The molecule has 1 amide bonds. The van der Waals surface area contributed by atoms with Gasteiger partial charge in [0.1, 0.15) is 5.69 Å². The number of fused-ring (bicyclic) bond motifs is 1. The predicted molar refractivity (Wildman–Crippen MR) is 101 cm³/mol. The molecule has 0 aliphatic rings. The second-order valence-corrected chi connectivity index (χ2v) is 6.66. The van der Waals surface area contributed by atoms with Gasteiger partial charge in [0.2, 0.25) is 5.82 Å². The fraction of sp³-hybridized carbons (Fsp3) is 0.211. The predicted octanol–water partition coefficient (Wildman–Crippen LogP) is 2.64. The molecule has 0 unspecified atom stereocenters. The van der Waals surface area contributed by atoms with Gasteiger partial charge < -0.3 is 5.73 Å². The van der Waals surface area contributed by atoms with Gasteiger partial charge in [-0.2, -0.15) is 5.10 Å². The van der Waals surface area contributed by atoms with Gasteiger partial charge >= 0.3 is 0 Å². The van der Waals surface area contributed by atoms with Crippen molar-refractivity contribution in [2.24, 2.45) is 5.73 Å². The minimum absolute atomic E-state index is 0.0957. The third-order valence-electron chi connectivity index (χ3n) is 4.33. The molecule has 0 bridgehead atoms. The lowest BCUT2D eigenvalue weighted by Crippen LogP contribution is -2.15. The van der Waals surface area contributed by atoms with Crippen molar-refractivity contribution in [2.75, 3.05) is 0 Å². The molecule has 8 heteroatoms. The number of aromatic nitrogens is 6. The van der Waals surface area contributed by atoms with Gasteiger partial charge in [0, 0.05) is 35.3 Å². The maximum atomic E-state index is 11.6. The van der Waals surface area contributed by atoms with Gasteiger partial charge in [-0.25, -0.2) is 0 Å². The number of primary amides is 1. The number of rotatable bonds is 4. The summed E-state index contributed by atoms with van der Waals surface area (Å²) in [6, 6.07) is 9.78. The van der Waals surface area contributed by atoms with Crippen LogP contribution in [0.1, 0.15) is 36.2 Å². The number of carbonyl (C=O) groups is 1. The van der Waals surface area contributed by atoms with Crippen LogP contribution in [-0.4, -0.2) is 35.3 Å². The summed E-state index contributed by atoms with van der Waals surface area (Å²) in [7, 11) is 0. The van der Waals surface area contributed by atoms with Gasteiger partial charge in [0.15, 0.2) is 5.65 Å².